The Balaban J connectivity index is 2.38. The Morgan fingerprint density at radius 1 is 1.43 bits per heavy atom. The van der Waals surface area contributed by atoms with Crippen LogP contribution in [0.25, 0.3) is 0 Å². The van der Waals surface area contributed by atoms with Crippen LogP contribution in [0.1, 0.15) is 12.5 Å². The summed E-state index contributed by atoms with van der Waals surface area (Å²) in [6.07, 6.45) is 3.59. The Labute approximate surface area is 88.3 Å². The zero-order valence-electron chi connectivity index (χ0n) is 8.27. The fraction of sp³-hybridized carbons (Fsp3) is 0.556. The zero-order valence-corrected chi connectivity index (χ0v) is 9.09. The predicted octanol–water partition coefficient (Wildman–Crippen LogP) is 1.06. The van der Waals surface area contributed by atoms with E-state index in [4.69, 9.17) is 10.5 Å². The third-order valence-electron chi connectivity index (χ3n) is 1.49. The molecule has 0 aliphatic carbocycles. The van der Waals surface area contributed by atoms with Crippen molar-refractivity contribution < 1.29 is 4.74 Å². The van der Waals surface area contributed by atoms with Crippen LogP contribution in [0.3, 0.4) is 0 Å². The smallest absolute Gasteiger partial charge is 0.187 e. The van der Waals surface area contributed by atoms with Crippen molar-refractivity contribution in [1.82, 2.24) is 9.97 Å². The molecule has 0 radical (unpaired) electrons. The van der Waals surface area contributed by atoms with Gasteiger partial charge in [0, 0.05) is 24.5 Å². The molecule has 1 aromatic rings. The second-order valence-electron chi connectivity index (χ2n) is 2.65. The minimum absolute atomic E-state index is 0.536. The van der Waals surface area contributed by atoms with Crippen molar-refractivity contribution in [1.29, 1.82) is 0 Å². The molecule has 5 heteroatoms. The van der Waals surface area contributed by atoms with Crippen LogP contribution >= 0.6 is 11.8 Å². The van der Waals surface area contributed by atoms with E-state index in [1.807, 2.05) is 0 Å². The average molecular weight is 213 g/mol. The summed E-state index contributed by atoms with van der Waals surface area (Å²) in [7, 11) is 0. The van der Waals surface area contributed by atoms with E-state index < -0.39 is 0 Å². The van der Waals surface area contributed by atoms with Crippen molar-refractivity contribution in [2.24, 2.45) is 5.73 Å². The average Bonchev–Trinajstić information content (AvgIpc) is 2.21. The number of rotatable bonds is 6. The van der Waals surface area contributed by atoms with Gasteiger partial charge in [0.2, 0.25) is 0 Å². The highest BCUT2D eigenvalue weighted by Gasteiger charge is 1.97. The number of ether oxygens (including phenoxy) is 1. The van der Waals surface area contributed by atoms with E-state index in [-0.39, 0.29) is 0 Å². The van der Waals surface area contributed by atoms with Gasteiger partial charge < -0.3 is 10.5 Å². The van der Waals surface area contributed by atoms with Crippen molar-refractivity contribution in [2.45, 2.75) is 18.7 Å². The van der Waals surface area contributed by atoms with E-state index in [2.05, 4.69) is 16.9 Å². The number of aromatic nitrogens is 2. The predicted molar refractivity (Wildman–Crippen MR) is 57.1 cm³/mol. The molecule has 0 saturated heterocycles. The van der Waals surface area contributed by atoms with E-state index in [9.17, 15) is 0 Å². The van der Waals surface area contributed by atoms with Gasteiger partial charge in [-0.05, 0) is 5.75 Å². The summed E-state index contributed by atoms with van der Waals surface area (Å²) in [5.74, 6) is 0.989. The lowest BCUT2D eigenvalue weighted by Crippen LogP contribution is -2.08. The molecule has 0 spiro atoms. The highest BCUT2D eigenvalue weighted by Crippen LogP contribution is 2.10. The van der Waals surface area contributed by atoms with Crippen molar-refractivity contribution in [3.8, 4) is 0 Å². The van der Waals surface area contributed by atoms with Gasteiger partial charge in [-0.3, -0.25) is 0 Å². The second kappa shape index (κ2) is 6.75. The summed E-state index contributed by atoms with van der Waals surface area (Å²) in [4.78, 5) is 8.38. The minimum atomic E-state index is 0.536. The summed E-state index contributed by atoms with van der Waals surface area (Å²) < 4.78 is 5.26. The number of hydrogen-bond donors (Lipinski definition) is 1. The standard InChI is InChI=1S/C9H15N3OS/c1-2-14-9-11-5-8(6-12-9)7-13-4-3-10/h5-6H,2-4,7,10H2,1H3. The summed E-state index contributed by atoms with van der Waals surface area (Å²) in [5, 5.41) is 0.815. The molecule has 1 rings (SSSR count). The highest BCUT2D eigenvalue weighted by molar-refractivity contribution is 7.99. The molecule has 0 unspecified atom stereocenters. The van der Waals surface area contributed by atoms with Gasteiger partial charge >= 0.3 is 0 Å². The van der Waals surface area contributed by atoms with Crippen LogP contribution in [0.2, 0.25) is 0 Å². The molecule has 1 aromatic heterocycles. The number of nitrogens with two attached hydrogens (primary N) is 1. The first kappa shape index (κ1) is 11.4. The van der Waals surface area contributed by atoms with Gasteiger partial charge in [0.25, 0.3) is 0 Å². The summed E-state index contributed by atoms with van der Waals surface area (Å²) in [5.41, 5.74) is 6.28. The van der Waals surface area contributed by atoms with Crippen LogP contribution < -0.4 is 5.73 Å². The fourth-order valence-corrected chi connectivity index (χ4v) is 1.41. The molecule has 2 N–H and O–H groups in total. The summed E-state index contributed by atoms with van der Waals surface area (Å²) in [6, 6.07) is 0. The van der Waals surface area contributed by atoms with E-state index in [1.54, 1.807) is 24.2 Å². The van der Waals surface area contributed by atoms with E-state index >= 15 is 0 Å². The zero-order chi connectivity index (χ0) is 10.2. The number of hydrogen-bond acceptors (Lipinski definition) is 5. The Morgan fingerprint density at radius 3 is 2.71 bits per heavy atom. The molecule has 78 valence electrons. The van der Waals surface area contributed by atoms with Gasteiger partial charge in [-0.25, -0.2) is 9.97 Å². The maximum atomic E-state index is 5.30. The lowest BCUT2D eigenvalue weighted by atomic mass is 10.4. The quantitative estimate of drug-likeness (QED) is 0.435. The third-order valence-corrected chi connectivity index (χ3v) is 2.24. The highest BCUT2D eigenvalue weighted by atomic mass is 32.2. The first-order valence-electron chi connectivity index (χ1n) is 4.58. The van der Waals surface area contributed by atoms with Crippen molar-refractivity contribution in [3.63, 3.8) is 0 Å². The summed E-state index contributed by atoms with van der Waals surface area (Å²) >= 11 is 1.63. The molecular weight excluding hydrogens is 198 g/mol. The largest absolute Gasteiger partial charge is 0.375 e. The first-order valence-corrected chi connectivity index (χ1v) is 5.57. The van der Waals surface area contributed by atoms with Gasteiger partial charge in [0.05, 0.1) is 13.2 Å². The van der Waals surface area contributed by atoms with Crippen LogP contribution in [0.15, 0.2) is 17.6 Å². The second-order valence-corrected chi connectivity index (χ2v) is 3.88. The van der Waals surface area contributed by atoms with Gasteiger partial charge in [-0.15, -0.1) is 0 Å². The summed E-state index contributed by atoms with van der Waals surface area (Å²) in [6.45, 7) is 3.73. The van der Waals surface area contributed by atoms with E-state index in [0.717, 1.165) is 16.5 Å². The molecule has 0 aliphatic rings. The Morgan fingerprint density at radius 2 is 2.14 bits per heavy atom. The van der Waals surface area contributed by atoms with Crippen LogP contribution in [0.4, 0.5) is 0 Å². The maximum Gasteiger partial charge on any atom is 0.187 e. The molecule has 1 heterocycles. The number of nitrogens with zero attached hydrogens (tertiary/aromatic N) is 2. The molecule has 0 saturated carbocycles. The Hall–Kier alpha value is -0.650. The molecule has 4 nitrogen and oxygen atoms in total. The van der Waals surface area contributed by atoms with Crippen molar-refractivity contribution >= 4 is 11.8 Å². The van der Waals surface area contributed by atoms with Gasteiger partial charge in [-0.1, -0.05) is 18.7 Å². The topological polar surface area (TPSA) is 61.0 Å². The molecule has 0 aliphatic heterocycles. The third kappa shape index (κ3) is 4.04. The molecule has 0 amide bonds. The Kier molecular flexibility index (Phi) is 5.51. The maximum absolute atomic E-state index is 5.30. The van der Waals surface area contributed by atoms with E-state index in [0.29, 0.717) is 19.8 Å². The molecule has 0 atom stereocenters. The molecular formula is C9H15N3OS. The van der Waals surface area contributed by atoms with Crippen molar-refractivity contribution in [2.75, 3.05) is 18.9 Å². The van der Waals surface area contributed by atoms with Gasteiger partial charge in [0.15, 0.2) is 5.16 Å². The van der Waals surface area contributed by atoms with Crippen LogP contribution in [0.5, 0.6) is 0 Å². The van der Waals surface area contributed by atoms with Crippen LogP contribution in [-0.2, 0) is 11.3 Å². The Bertz CT molecular complexity index is 253. The van der Waals surface area contributed by atoms with Gasteiger partial charge in [0.1, 0.15) is 0 Å². The number of thioether (sulfide) groups is 1. The lowest BCUT2D eigenvalue weighted by molar-refractivity contribution is 0.127. The minimum Gasteiger partial charge on any atom is -0.375 e. The van der Waals surface area contributed by atoms with Crippen LogP contribution in [0, 0.1) is 0 Å². The SMILES string of the molecule is CCSc1ncc(COCCN)cn1. The van der Waals surface area contributed by atoms with Crippen LogP contribution in [-0.4, -0.2) is 28.9 Å². The monoisotopic (exact) mass is 213 g/mol. The molecule has 14 heavy (non-hydrogen) atoms. The van der Waals surface area contributed by atoms with E-state index in [1.165, 1.54) is 0 Å². The fourth-order valence-electron chi connectivity index (χ4n) is 0.894. The molecule has 0 fully saturated rings. The normalized spacial score (nSPS) is 10.4. The lowest BCUT2D eigenvalue weighted by Gasteiger charge is -2.02. The van der Waals surface area contributed by atoms with Crippen molar-refractivity contribution in [3.05, 3.63) is 18.0 Å². The molecule has 0 bridgehead atoms. The van der Waals surface area contributed by atoms with Gasteiger partial charge in [-0.2, -0.15) is 0 Å². The first-order chi connectivity index (χ1) is 6.86. The molecule has 0 aromatic carbocycles.